The van der Waals surface area contributed by atoms with Gasteiger partial charge in [-0.1, -0.05) is 48.5 Å². The second-order valence-electron chi connectivity index (χ2n) is 8.28. The van der Waals surface area contributed by atoms with Gasteiger partial charge in [0.25, 0.3) is 0 Å². The van der Waals surface area contributed by atoms with E-state index in [1.807, 2.05) is 30.0 Å². The maximum absolute atomic E-state index is 13.1. The first kappa shape index (κ1) is 20.6. The number of rotatable bonds is 5. The molecule has 30 heavy (non-hydrogen) atoms. The molecule has 2 aromatic rings. The molecule has 5 heteroatoms. The number of hydrogen-bond acceptors (Lipinski definition) is 4. The molecule has 0 spiro atoms. The van der Waals surface area contributed by atoms with Gasteiger partial charge < -0.3 is 10.0 Å². The van der Waals surface area contributed by atoms with Gasteiger partial charge in [0.1, 0.15) is 5.75 Å². The van der Waals surface area contributed by atoms with Gasteiger partial charge in [-0.05, 0) is 42.2 Å². The molecule has 1 amide bonds. The summed E-state index contributed by atoms with van der Waals surface area (Å²) in [7, 11) is 0. The molecule has 1 unspecified atom stereocenters. The zero-order chi connectivity index (χ0) is 20.9. The number of aromatic hydroxyl groups is 1. The average Bonchev–Trinajstić information content (AvgIpc) is 2.80. The van der Waals surface area contributed by atoms with Gasteiger partial charge in [0.05, 0.1) is 6.04 Å². The van der Waals surface area contributed by atoms with Crippen LogP contribution in [-0.2, 0) is 11.3 Å². The number of carbonyl (C=O) groups is 1. The van der Waals surface area contributed by atoms with E-state index >= 15 is 0 Å². The van der Waals surface area contributed by atoms with Crippen LogP contribution >= 0.6 is 0 Å². The van der Waals surface area contributed by atoms with Crippen molar-refractivity contribution in [3.63, 3.8) is 0 Å². The molecular weight excluding hydrogens is 374 g/mol. The minimum atomic E-state index is -0.0942. The highest BCUT2D eigenvalue weighted by molar-refractivity contribution is 5.82. The fraction of sp³-hybridized carbons (Fsp3) is 0.400. The number of amides is 1. The molecule has 1 saturated heterocycles. The Bertz CT molecular complexity index is 871. The van der Waals surface area contributed by atoms with Crippen molar-refractivity contribution in [3.05, 3.63) is 71.8 Å². The van der Waals surface area contributed by atoms with Crippen LogP contribution < -0.4 is 0 Å². The van der Waals surface area contributed by atoms with Crippen LogP contribution in [0.2, 0.25) is 0 Å². The van der Waals surface area contributed by atoms with Gasteiger partial charge in [0, 0.05) is 45.8 Å². The van der Waals surface area contributed by atoms with Crippen molar-refractivity contribution in [1.29, 1.82) is 0 Å². The van der Waals surface area contributed by atoms with E-state index in [1.54, 1.807) is 12.1 Å². The number of piperazine rings is 1. The summed E-state index contributed by atoms with van der Waals surface area (Å²) >= 11 is 0. The molecule has 0 aliphatic carbocycles. The Kier molecular flexibility index (Phi) is 6.50. The molecule has 1 N–H and O–H groups in total. The van der Waals surface area contributed by atoms with E-state index in [4.69, 9.17) is 0 Å². The number of hydrogen-bond donors (Lipinski definition) is 1. The number of benzene rings is 2. The molecule has 1 fully saturated rings. The van der Waals surface area contributed by atoms with E-state index in [0.717, 1.165) is 57.8 Å². The van der Waals surface area contributed by atoms with Crippen LogP contribution in [0.5, 0.6) is 5.75 Å². The zero-order valence-corrected chi connectivity index (χ0v) is 17.7. The van der Waals surface area contributed by atoms with Crippen molar-refractivity contribution in [2.45, 2.75) is 25.9 Å². The smallest absolute Gasteiger partial charge is 0.239 e. The Hall–Kier alpha value is -2.63. The monoisotopic (exact) mass is 405 g/mol. The van der Waals surface area contributed by atoms with Crippen molar-refractivity contribution in [2.24, 2.45) is 0 Å². The highest BCUT2D eigenvalue weighted by Gasteiger charge is 2.29. The van der Waals surface area contributed by atoms with Crippen LogP contribution in [0.15, 0.2) is 60.7 Å². The summed E-state index contributed by atoms with van der Waals surface area (Å²) in [5, 5.41) is 9.47. The number of carbonyl (C=O) groups excluding carboxylic acids is 1. The lowest BCUT2D eigenvalue weighted by Crippen LogP contribution is -2.54. The van der Waals surface area contributed by atoms with Gasteiger partial charge in [-0.25, -0.2) is 0 Å². The second kappa shape index (κ2) is 9.45. The molecule has 158 valence electrons. The fourth-order valence-corrected chi connectivity index (χ4v) is 4.36. The third-order valence-corrected chi connectivity index (χ3v) is 6.32. The maximum Gasteiger partial charge on any atom is 0.239 e. The first-order valence-electron chi connectivity index (χ1n) is 10.9. The molecular formula is C25H31N3O2. The Morgan fingerprint density at radius 3 is 2.30 bits per heavy atom. The van der Waals surface area contributed by atoms with Crippen LogP contribution in [0.1, 0.15) is 24.5 Å². The van der Waals surface area contributed by atoms with Crippen LogP contribution in [0, 0.1) is 0 Å². The molecule has 2 aliphatic heterocycles. The first-order chi connectivity index (χ1) is 14.6. The number of phenols is 1. The van der Waals surface area contributed by atoms with Crippen LogP contribution in [-0.4, -0.2) is 71.0 Å². The SMILES string of the molecule is CC(C(=O)N1CCN(Cc2ccccc2)CC1)N1CC=C(c2ccc(O)cc2)CC1. The lowest BCUT2D eigenvalue weighted by Gasteiger charge is -2.39. The molecule has 0 radical (unpaired) electrons. The summed E-state index contributed by atoms with van der Waals surface area (Å²) in [5.74, 6) is 0.538. The fourth-order valence-electron chi connectivity index (χ4n) is 4.36. The largest absolute Gasteiger partial charge is 0.508 e. The Morgan fingerprint density at radius 2 is 1.67 bits per heavy atom. The van der Waals surface area contributed by atoms with Gasteiger partial charge in [-0.3, -0.25) is 14.6 Å². The standard InChI is InChI=1S/C25H31N3O2/c1-20(27-13-11-23(12-14-27)22-7-9-24(29)10-8-22)25(30)28-17-15-26(16-18-28)19-21-5-3-2-4-6-21/h2-11,20,29H,12-19H2,1H3. The van der Waals surface area contributed by atoms with Crippen molar-refractivity contribution >= 4 is 11.5 Å². The third-order valence-electron chi connectivity index (χ3n) is 6.32. The summed E-state index contributed by atoms with van der Waals surface area (Å²) in [6.45, 7) is 8.13. The molecule has 2 aliphatic rings. The van der Waals surface area contributed by atoms with Gasteiger partial charge in [-0.15, -0.1) is 0 Å². The first-order valence-corrected chi connectivity index (χ1v) is 10.9. The van der Waals surface area contributed by atoms with E-state index in [0.29, 0.717) is 5.75 Å². The zero-order valence-electron chi connectivity index (χ0n) is 17.7. The summed E-state index contributed by atoms with van der Waals surface area (Å²) in [6, 6.07) is 17.8. The molecule has 0 saturated carbocycles. The molecule has 5 nitrogen and oxygen atoms in total. The lowest BCUT2D eigenvalue weighted by molar-refractivity contribution is -0.138. The Balaban J connectivity index is 1.27. The predicted molar refractivity (Wildman–Crippen MR) is 120 cm³/mol. The summed E-state index contributed by atoms with van der Waals surface area (Å²) in [4.78, 5) is 19.8. The minimum absolute atomic E-state index is 0.0942. The van der Waals surface area contributed by atoms with Crippen LogP contribution in [0.3, 0.4) is 0 Å². The summed E-state index contributed by atoms with van der Waals surface area (Å²) in [6.07, 6.45) is 3.14. The highest BCUT2D eigenvalue weighted by Crippen LogP contribution is 2.25. The number of phenolic OH excluding ortho intramolecular Hbond substituents is 1. The summed E-state index contributed by atoms with van der Waals surface area (Å²) < 4.78 is 0. The van der Waals surface area contributed by atoms with Crippen molar-refractivity contribution in [3.8, 4) is 5.75 Å². The molecule has 1 atom stereocenters. The molecule has 2 aromatic carbocycles. The third kappa shape index (κ3) is 4.91. The lowest BCUT2D eigenvalue weighted by atomic mass is 9.98. The second-order valence-corrected chi connectivity index (χ2v) is 8.28. The van der Waals surface area contributed by atoms with Crippen molar-refractivity contribution < 1.29 is 9.90 Å². The maximum atomic E-state index is 13.1. The highest BCUT2D eigenvalue weighted by atomic mass is 16.3. The van der Waals surface area contributed by atoms with E-state index in [2.05, 4.69) is 40.1 Å². The van der Waals surface area contributed by atoms with E-state index < -0.39 is 0 Å². The molecule has 0 aromatic heterocycles. The minimum Gasteiger partial charge on any atom is -0.508 e. The normalized spacial score (nSPS) is 19.4. The Labute approximate surface area is 179 Å². The van der Waals surface area contributed by atoms with Crippen molar-refractivity contribution in [1.82, 2.24) is 14.7 Å². The van der Waals surface area contributed by atoms with E-state index in [1.165, 1.54) is 11.1 Å². The van der Waals surface area contributed by atoms with Gasteiger partial charge >= 0.3 is 0 Å². The van der Waals surface area contributed by atoms with Gasteiger partial charge in [-0.2, -0.15) is 0 Å². The van der Waals surface area contributed by atoms with Gasteiger partial charge in [0.2, 0.25) is 5.91 Å². The van der Waals surface area contributed by atoms with Crippen molar-refractivity contribution in [2.75, 3.05) is 39.3 Å². The average molecular weight is 406 g/mol. The topological polar surface area (TPSA) is 47.0 Å². The number of nitrogens with zero attached hydrogens (tertiary/aromatic N) is 3. The quantitative estimate of drug-likeness (QED) is 0.830. The predicted octanol–water partition coefficient (Wildman–Crippen LogP) is 3.21. The Morgan fingerprint density at radius 1 is 0.967 bits per heavy atom. The molecule has 4 rings (SSSR count). The summed E-state index contributed by atoms with van der Waals surface area (Å²) in [5.41, 5.74) is 3.77. The molecule has 0 bridgehead atoms. The van der Waals surface area contributed by atoms with E-state index in [-0.39, 0.29) is 11.9 Å². The van der Waals surface area contributed by atoms with Gasteiger partial charge in [0.15, 0.2) is 0 Å². The van der Waals surface area contributed by atoms with Crippen LogP contribution in [0.25, 0.3) is 5.57 Å². The van der Waals surface area contributed by atoms with E-state index in [9.17, 15) is 9.90 Å². The molecule has 2 heterocycles. The van der Waals surface area contributed by atoms with Crippen LogP contribution in [0.4, 0.5) is 0 Å².